The molecule has 0 aliphatic heterocycles. The van der Waals surface area contributed by atoms with Crippen LogP contribution in [0.1, 0.15) is 0 Å². The van der Waals surface area contributed by atoms with Gasteiger partial charge in [-0.25, -0.2) is 25.3 Å². The molecule has 0 saturated carbocycles. The second-order valence-corrected chi connectivity index (χ2v) is 14.6. The van der Waals surface area contributed by atoms with Crippen molar-refractivity contribution >= 4 is 53.5 Å². The molecule has 3 rings (SSSR count). The van der Waals surface area contributed by atoms with Gasteiger partial charge in [-0.05, 0) is 54.6 Å². The first-order chi connectivity index (χ1) is 14.6. The molecular formula is C19H15INa3O9PS3. The normalized spacial score (nSPS) is 11.7. The minimum atomic E-state index is -4.84. The van der Waals surface area contributed by atoms with E-state index in [1.165, 1.54) is 36.4 Å². The first kappa shape index (κ1) is 39.7. The topological polar surface area (TPSA) is 172 Å². The van der Waals surface area contributed by atoms with Gasteiger partial charge in [-0.15, -0.1) is 0 Å². The predicted molar refractivity (Wildman–Crippen MR) is 115 cm³/mol. The van der Waals surface area contributed by atoms with Gasteiger partial charge in [0.05, 0.1) is 21.4 Å². The summed E-state index contributed by atoms with van der Waals surface area (Å²) in [4.78, 5) is -1.62. The minimum Gasteiger partial charge on any atom is -1.00 e. The van der Waals surface area contributed by atoms with Crippen molar-refractivity contribution < 1.29 is 152 Å². The summed E-state index contributed by atoms with van der Waals surface area (Å²) < 4.78 is 104. The first-order valence-electron chi connectivity index (χ1n) is 8.69. The summed E-state index contributed by atoms with van der Waals surface area (Å²) in [5.41, 5.74) is 0. The summed E-state index contributed by atoms with van der Waals surface area (Å²) in [6, 6.07) is 15.1. The van der Waals surface area contributed by atoms with E-state index in [2.05, 4.69) is 0 Å². The van der Waals surface area contributed by atoms with Crippen LogP contribution >= 0.6 is 7.26 Å². The largest absolute Gasteiger partial charge is 1.00 e. The van der Waals surface area contributed by atoms with Crippen LogP contribution in [-0.2, 0) is 30.4 Å². The Morgan fingerprint density at radius 2 is 0.750 bits per heavy atom. The van der Waals surface area contributed by atoms with Crippen molar-refractivity contribution in [3.63, 3.8) is 0 Å². The summed E-state index contributed by atoms with van der Waals surface area (Å²) in [6.07, 6.45) is 0. The Labute approximate surface area is 294 Å². The number of halogens is 1. The third-order valence-corrected chi connectivity index (χ3v) is 11.3. The van der Waals surface area contributed by atoms with E-state index in [1.54, 1.807) is 6.66 Å². The molecule has 36 heavy (non-hydrogen) atoms. The molecule has 178 valence electrons. The fourth-order valence-corrected chi connectivity index (χ4v) is 8.25. The van der Waals surface area contributed by atoms with E-state index < -0.39 is 52.3 Å². The molecule has 0 amide bonds. The van der Waals surface area contributed by atoms with Crippen molar-refractivity contribution in [2.45, 2.75) is 14.7 Å². The second kappa shape index (κ2) is 15.0. The predicted octanol–water partition coefficient (Wildman–Crippen LogP) is -11.7. The van der Waals surface area contributed by atoms with Gasteiger partial charge in [0.25, 0.3) is 0 Å². The molecule has 0 aliphatic rings. The molecule has 3 aromatic carbocycles. The maximum Gasteiger partial charge on any atom is 1.00 e. The average Bonchev–Trinajstić information content (AvgIpc) is 2.71. The van der Waals surface area contributed by atoms with Gasteiger partial charge in [0, 0.05) is 0 Å². The van der Waals surface area contributed by atoms with E-state index in [9.17, 15) is 38.9 Å². The average molecular weight is 710 g/mol. The van der Waals surface area contributed by atoms with E-state index in [0.29, 0.717) is 0 Å². The Hall–Kier alpha value is 1.55. The fourth-order valence-electron chi connectivity index (χ4n) is 3.20. The second-order valence-electron chi connectivity index (χ2n) is 6.86. The van der Waals surface area contributed by atoms with Gasteiger partial charge in [-0.2, -0.15) is 0 Å². The molecule has 17 heteroatoms. The number of benzene rings is 3. The number of hydrogen-bond acceptors (Lipinski definition) is 9. The molecule has 0 unspecified atom stereocenters. The molecule has 0 aliphatic carbocycles. The van der Waals surface area contributed by atoms with Gasteiger partial charge in [0.1, 0.15) is 53.5 Å². The van der Waals surface area contributed by atoms with Crippen LogP contribution < -0.4 is 129 Å². The maximum atomic E-state index is 11.6. The van der Waals surface area contributed by atoms with E-state index in [-0.39, 0.29) is 129 Å². The fraction of sp³-hybridized carbons (Fsp3) is 0.0526. The molecule has 0 N–H and O–H groups in total. The Balaban J connectivity index is 0. The van der Waals surface area contributed by atoms with Crippen LogP contribution in [0.3, 0.4) is 0 Å². The van der Waals surface area contributed by atoms with Gasteiger partial charge in [0.15, 0.2) is 0 Å². The third-order valence-electron chi connectivity index (χ3n) is 4.87. The molecule has 9 nitrogen and oxygen atoms in total. The quantitative estimate of drug-likeness (QED) is 0.104. The van der Waals surface area contributed by atoms with Crippen LogP contribution in [0.2, 0.25) is 0 Å². The Morgan fingerprint density at radius 3 is 0.944 bits per heavy atom. The van der Waals surface area contributed by atoms with Crippen molar-refractivity contribution in [2.24, 2.45) is 0 Å². The van der Waals surface area contributed by atoms with Crippen LogP contribution in [0.15, 0.2) is 87.5 Å². The van der Waals surface area contributed by atoms with Gasteiger partial charge in [0.2, 0.25) is 0 Å². The van der Waals surface area contributed by atoms with Crippen LogP contribution in [0, 0.1) is 0 Å². The van der Waals surface area contributed by atoms with E-state index >= 15 is 0 Å². The summed E-state index contributed by atoms with van der Waals surface area (Å²) in [5, 5.41) is 0.862. The summed E-state index contributed by atoms with van der Waals surface area (Å²) >= 11 is 0. The van der Waals surface area contributed by atoms with Crippen LogP contribution in [0.4, 0.5) is 0 Å². The van der Waals surface area contributed by atoms with E-state index in [0.717, 1.165) is 36.4 Å². The van der Waals surface area contributed by atoms with Gasteiger partial charge >= 0.3 is 88.7 Å². The zero-order chi connectivity index (χ0) is 23.9. The minimum absolute atomic E-state index is 0. The van der Waals surface area contributed by atoms with Crippen molar-refractivity contribution in [1.29, 1.82) is 0 Å². The molecule has 0 heterocycles. The Bertz CT molecular complexity index is 1350. The number of rotatable bonds is 6. The summed E-state index contributed by atoms with van der Waals surface area (Å²) in [6.45, 7) is 1.62. The zero-order valence-electron chi connectivity index (χ0n) is 19.7. The smallest absolute Gasteiger partial charge is 1.00 e. The van der Waals surface area contributed by atoms with Gasteiger partial charge in [-0.3, -0.25) is 0 Å². The van der Waals surface area contributed by atoms with E-state index in [1.807, 2.05) is 0 Å². The Morgan fingerprint density at radius 1 is 0.528 bits per heavy atom. The molecule has 0 radical (unpaired) electrons. The zero-order valence-corrected chi connectivity index (χ0v) is 31.2. The molecule has 0 saturated heterocycles. The van der Waals surface area contributed by atoms with Crippen molar-refractivity contribution in [1.82, 2.24) is 0 Å². The molecule has 0 spiro atoms. The van der Waals surface area contributed by atoms with Crippen LogP contribution in [0.25, 0.3) is 0 Å². The monoisotopic (exact) mass is 710 g/mol. The van der Waals surface area contributed by atoms with Crippen LogP contribution in [-0.4, -0.2) is 45.6 Å². The molecule has 0 aromatic heterocycles. The summed E-state index contributed by atoms with van der Waals surface area (Å²) in [5.74, 6) is 0. The van der Waals surface area contributed by atoms with E-state index in [4.69, 9.17) is 0 Å². The number of hydrogen-bond donors (Lipinski definition) is 0. The van der Waals surface area contributed by atoms with Crippen LogP contribution in [0.5, 0.6) is 0 Å². The van der Waals surface area contributed by atoms with Crippen molar-refractivity contribution in [3.05, 3.63) is 72.8 Å². The maximum absolute atomic E-state index is 11.6. The van der Waals surface area contributed by atoms with Crippen molar-refractivity contribution in [3.8, 4) is 0 Å². The van der Waals surface area contributed by atoms with Gasteiger partial charge in [-0.1, -0.05) is 18.2 Å². The molecular weight excluding hydrogens is 695 g/mol. The standard InChI is InChI=1S/C19H17O9PS3.HI.3Na/c1-29(14-5-2-8-17(11-14)30(20,21)22,15-6-3-9-18(12-15)31(23,24)25)16-7-4-10-19(13-16)32(26,27)28;;;;/h2-13H,1H3,(H2-,20,21,22,23,24,25,26,27,28);1H;;;/q;;3*+1/p-3. The third kappa shape index (κ3) is 9.30. The molecule has 0 fully saturated rings. The first-order valence-corrected chi connectivity index (χ1v) is 15.2. The summed E-state index contributed by atoms with van der Waals surface area (Å²) in [7, 11) is -17.5. The molecule has 0 atom stereocenters. The molecule has 0 bridgehead atoms. The van der Waals surface area contributed by atoms with Crippen molar-refractivity contribution in [2.75, 3.05) is 6.66 Å². The Kier molecular flexibility index (Phi) is 16.5. The SMILES string of the molecule is C[P+](c1cccc(S(=O)(=O)[O-])c1)(c1cccc(S(=O)(=O)[O-])c1)c1cccc(S(=O)(=O)[O-])c1.[I-].[Na+].[Na+].[Na+]. The van der Waals surface area contributed by atoms with Gasteiger partial charge < -0.3 is 37.6 Å². The molecule has 3 aromatic rings.